The van der Waals surface area contributed by atoms with Gasteiger partial charge in [-0.25, -0.2) is 4.79 Å². The topological polar surface area (TPSA) is 35.5 Å². The lowest BCUT2D eigenvalue weighted by molar-refractivity contribution is -0.149. The van der Waals surface area contributed by atoms with E-state index in [-0.39, 0.29) is 18.7 Å². The van der Waals surface area contributed by atoms with Gasteiger partial charge in [0.2, 0.25) is 0 Å². The van der Waals surface area contributed by atoms with Crippen molar-refractivity contribution in [3.8, 4) is 5.75 Å². The van der Waals surface area contributed by atoms with Gasteiger partial charge in [-0.15, -0.1) is 0 Å². The summed E-state index contributed by atoms with van der Waals surface area (Å²) in [5.74, 6) is 0.331. The second-order valence-electron chi connectivity index (χ2n) is 3.14. The van der Waals surface area contributed by atoms with Crippen LogP contribution >= 0.6 is 0 Å². The van der Waals surface area contributed by atoms with Crippen molar-refractivity contribution in [1.82, 2.24) is 0 Å². The van der Waals surface area contributed by atoms with Crippen molar-refractivity contribution in [3.05, 3.63) is 30.3 Å². The van der Waals surface area contributed by atoms with E-state index in [1.54, 1.807) is 26.0 Å². The maximum absolute atomic E-state index is 11.1. The van der Waals surface area contributed by atoms with Gasteiger partial charge in [0.1, 0.15) is 5.75 Å². The van der Waals surface area contributed by atoms with Crippen LogP contribution in [0.2, 0.25) is 0 Å². The van der Waals surface area contributed by atoms with Gasteiger partial charge in [-0.1, -0.05) is 18.2 Å². The van der Waals surface area contributed by atoms with Crippen LogP contribution in [-0.4, -0.2) is 18.7 Å². The zero-order chi connectivity index (χ0) is 10.4. The average molecular weight is 194 g/mol. The Labute approximate surface area is 83.6 Å². The molecule has 3 heteroatoms. The lowest BCUT2D eigenvalue weighted by Gasteiger charge is -2.08. The first kappa shape index (κ1) is 10.6. The monoisotopic (exact) mass is 194 g/mol. The second kappa shape index (κ2) is 5.27. The van der Waals surface area contributed by atoms with Gasteiger partial charge in [0.15, 0.2) is 6.61 Å². The van der Waals surface area contributed by atoms with Crippen molar-refractivity contribution < 1.29 is 14.3 Å². The summed E-state index contributed by atoms with van der Waals surface area (Å²) in [4.78, 5) is 11.1. The Morgan fingerprint density at radius 3 is 2.50 bits per heavy atom. The summed E-state index contributed by atoms with van der Waals surface area (Å²) in [6.45, 7) is 3.57. The van der Waals surface area contributed by atoms with Gasteiger partial charge in [-0.05, 0) is 26.0 Å². The minimum absolute atomic E-state index is 0.0395. The molecule has 0 aliphatic carbocycles. The molecule has 0 unspecified atom stereocenters. The molecule has 76 valence electrons. The molecule has 3 nitrogen and oxygen atoms in total. The molecule has 0 fully saturated rings. The molecule has 0 amide bonds. The molecule has 1 rings (SSSR count). The Hall–Kier alpha value is -1.51. The van der Waals surface area contributed by atoms with E-state index in [1.807, 2.05) is 18.2 Å². The molecule has 0 aromatic heterocycles. The van der Waals surface area contributed by atoms with Crippen molar-refractivity contribution >= 4 is 5.97 Å². The molecule has 0 saturated heterocycles. The quantitative estimate of drug-likeness (QED) is 0.688. The predicted octanol–water partition coefficient (Wildman–Crippen LogP) is 2.02. The van der Waals surface area contributed by atoms with Gasteiger partial charge in [0.25, 0.3) is 0 Å². The Morgan fingerprint density at radius 2 is 1.93 bits per heavy atom. The van der Waals surface area contributed by atoms with Crippen molar-refractivity contribution in [3.63, 3.8) is 0 Å². The van der Waals surface area contributed by atoms with E-state index in [0.717, 1.165) is 0 Å². The first-order valence-electron chi connectivity index (χ1n) is 4.56. The molecule has 0 aliphatic heterocycles. The molecule has 1 aromatic carbocycles. The van der Waals surface area contributed by atoms with Crippen molar-refractivity contribution in [2.45, 2.75) is 20.0 Å². The summed E-state index contributed by atoms with van der Waals surface area (Å²) in [7, 11) is 0. The van der Waals surface area contributed by atoms with Crippen molar-refractivity contribution in [2.24, 2.45) is 0 Å². The average Bonchev–Trinajstić information content (AvgIpc) is 2.15. The highest BCUT2D eigenvalue weighted by Crippen LogP contribution is 2.07. The molecule has 14 heavy (non-hydrogen) atoms. The Morgan fingerprint density at radius 1 is 1.29 bits per heavy atom. The van der Waals surface area contributed by atoms with E-state index in [4.69, 9.17) is 9.47 Å². The smallest absolute Gasteiger partial charge is 0.344 e. The summed E-state index contributed by atoms with van der Waals surface area (Å²) < 4.78 is 10.1. The third-order valence-corrected chi connectivity index (χ3v) is 1.47. The number of carbonyl (C=O) groups is 1. The normalized spacial score (nSPS) is 9.93. The van der Waals surface area contributed by atoms with Crippen LogP contribution in [0, 0.1) is 0 Å². The fraction of sp³-hybridized carbons (Fsp3) is 0.364. The van der Waals surface area contributed by atoms with E-state index < -0.39 is 0 Å². The number of ether oxygens (including phenoxy) is 2. The number of esters is 1. The second-order valence-corrected chi connectivity index (χ2v) is 3.14. The SMILES string of the molecule is CC(C)OC(=O)COc1ccccc1. The zero-order valence-corrected chi connectivity index (χ0v) is 8.40. The minimum atomic E-state index is -0.344. The third-order valence-electron chi connectivity index (χ3n) is 1.47. The summed E-state index contributed by atoms with van der Waals surface area (Å²) in [5, 5.41) is 0. The van der Waals surface area contributed by atoms with Crippen LogP contribution in [0.3, 0.4) is 0 Å². The van der Waals surface area contributed by atoms with E-state index in [2.05, 4.69) is 0 Å². The molecular formula is C11H14O3. The van der Waals surface area contributed by atoms with Crippen LogP contribution in [-0.2, 0) is 9.53 Å². The molecule has 0 heterocycles. The summed E-state index contributed by atoms with van der Waals surface area (Å²) >= 11 is 0. The number of carbonyl (C=O) groups excluding carboxylic acids is 1. The van der Waals surface area contributed by atoms with Gasteiger partial charge in [0, 0.05) is 0 Å². The summed E-state index contributed by atoms with van der Waals surface area (Å²) in [5.41, 5.74) is 0. The Bertz CT molecular complexity index is 280. The number of hydrogen-bond donors (Lipinski definition) is 0. The number of hydrogen-bond acceptors (Lipinski definition) is 3. The van der Waals surface area contributed by atoms with E-state index in [1.165, 1.54) is 0 Å². The third kappa shape index (κ3) is 3.94. The number of para-hydroxylation sites is 1. The maximum atomic E-state index is 11.1. The highest BCUT2D eigenvalue weighted by atomic mass is 16.6. The first-order valence-corrected chi connectivity index (χ1v) is 4.56. The predicted molar refractivity (Wildman–Crippen MR) is 53.2 cm³/mol. The van der Waals surface area contributed by atoms with E-state index in [9.17, 15) is 4.79 Å². The molecule has 0 saturated carbocycles. The summed E-state index contributed by atoms with van der Waals surface area (Å²) in [6.07, 6.45) is -0.0955. The summed E-state index contributed by atoms with van der Waals surface area (Å²) in [6, 6.07) is 9.18. The molecular weight excluding hydrogens is 180 g/mol. The zero-order valence-electron chi connectivity index (χ0n) is 8.40. The fourth-order valence-corrected chi connectivity index (χ4v) is 0.956. The number of rotatable bonds is 4. The van der Waals surface area contributed by atoms with Crippen LogP contribution in [0.4, 0.5) is 0 Å². The Kier molecular flexibility index (Phi) is 3.98. The lowest BCUT2D eigenvalue weighted by Crippen LogP contribution is -2.18. The van der Waals surface area contributed by atoms with Crippen LogP contribution < -0.4 is 4.74 Å². The molecule has 1 aromatic rings. The van der Waals surface area contributed by atoms with Crippen LogP contribution in [0.1, 0.15) is 13.8 Å². The molecule has 0 bridgehead atoms. The van der Waals surface area contributed by atoms with Gasteiger partial charge < -0.3 is 9.47 Å². The van der Waals surface area contributed by atoms with Gasteiger partial charge in [-0.2, -0.15) is 0 Å². The Balaban J connectivity index is 2.31. The van der Waals surface area contributed by atoms with E-state index in [0.29, 0.717) is 5.75 Å². The standard InChI is InChI=1S/C11H14O3/c1-9(2)14-11(12)8-13-10-6-4-3-5-7-10/h3-7,9H,8H2,1-2H3. The van der Waals surface area contributed by atoms with Crippen LogP contribution in [0.25, 0.3) is 0 Å². The fourth-order valence-electron chi connectivity index (χ4n) is 0.956. The van der Waals surface area contributed by atoms with Crippen LogP contribution in [0.15, 0.2) is 30.3 Å². The first-order chi connectivity index (χ1) is 6.68. The molecule has 0 atom stereocenters. The highest BCUT2D eigenvalue weighted by molar-refractivity contribution is 5.71. The number of benzene rings is 1. The lowest BCUT2D eigenvalue weighted by atomic mass is 10.3. The largest absolute Gasteiger partial charge is 0.482 e. The van der Waals surface area contributed by atoms with Crippen LogP contribution in [0.5, 0.6) is 5.75 Å². The molecule has 0 aliphatic rings. The highest BCUT2D eigenvalue weighted by Gasteiger charge is 2.05. The molecule has 0 N–H and O–H groups in total. The van der Waals surface area contributed by atoms with Gasteiger partial charge >= 0.3 is 5.97 Å². The van der Waals surface area contributed by atoms with E-state index >= 15 is 0 Å². The molecule has 0 radical (unpaired) electrons. The minimum Gasteiger partial charge on any atom is -0.482 e. The molecule has 0 spiro atoms. The van der Waals surface area contributed by atoms with Gasteiger partial charge in [-0.3, -0.25) is 0 Å². The maximum Gasteiger partial charge on any atom is 0.344 e. The van der Waals surface area contributed by atoms with Crippen molar-refractivity contribution in [1.29, 1.82) is 0 Å². The van der Waals surface area contributed by atoms with Crippen molar-refractivity contribution in [2.75, 3.05) is 6.61 Å². The van der Waals surface area contributed by atoms with Gasteiger partial charge in [0.05, 0.1) is 6.10 Å².